The van der Waals surface area contributed by atoms with Gasteiger partial charge >= 0.3 is 18.0 Å². The smallest absolute Gasteiger partial charge is 0.347 e. The van der Waals surface area contributed by atoms with Crippen LogP contribution in [0.3, 0.4) is 0 Å². The summed E-state index contributed by atoms with van der Waals surface area (Å²) < 4.78 is 15.3. The minimum absolute atomic E-state index is 0.0397. The molecule has 0 bridgehead atoms. The summed E-state index contributed by atoms with van der Waals surface area (Å²) >= 11 is 0. The largest absolute Gasteiger partial charge is 0.462 e. The van der Waals surface area contributed by atoms with Crippen molar-refractivity contribution < 1.29 is 33.7 Å². The van der Waals surface area contributed by atoms with Gasteiger partial charge in [0.25, 0.3) is 0 Å². The number of amides is 2. The Labute approximate surface area is 160 Å². The fourth-order valence-corrected chi connectivity index (χ4v) is 2.76. The van der Waals surface area contributed by atoms with Gasteiger partial charge in [-0.25, -0.2) is 14.4 Å². The number of urea groups is 1. The third kappa shape index (κ3) is 4.60. The quantitative estimate of drug-likeness (QED) is 0.122. The van der Waals surface area contributed by atoms with Crippen molar-refractivity contribution in [1.82, 2.24) is 10.2 Å². The van der Waals surface area contributed by atoms with Gasteiger partial charge in [0.2, 0.25) is 0 Å². The van der Waals surface area contributed by atoms with Crippen LogP contribution in [-0.4, -0.2) is 66.2 Å². The molecular formula is C16H21N5O7. The minimum Gasteiger partial charge on any atom is -0.462 e. The van der Waals surface area contributed by atoms with Gasteiger partial charge < -0.3 is 24.6 Å². The lowest BCUT2D eigenvalue weighted by Crippen LogP contribution is -2.46. The Balaban J connectivity index is 2.27. The summed E-state index contributed by atoms with van der Waals surface area (Å²) in [5, 5.41) is 15.3. The molecule has 28 heavy (non-hydrogen) atoms. The molecule has 2 N–H and O–H groups in total. The molecule has 2 amide bonds. The Kier molecular flexibility index (Phi) is 7.38. The molecular weight excluding hydrogens is 374 g/mol. The van der Waals surface area contributed by atoms with Gasteiger partial charge in [-0.15, -0.1) is 0 Å². The van der Waals surface area contributed by atoms with Crippen LogP contribution in [-0.2, 0) is 23.8 Å². The van der Waals surface area contributed by atoms with E-state index < -0.39 is 41.9 Å². The maximum Gasteiger partial charge on any atom is 0.347 e. The van der Waals surface area contributed by atoms with Gasteiger partial charge in [-0.3, -0.25) is 4.90 Å². The van der Waals surface area contributed by atoms with Crippen molar-refractivity contribution in [3.63, 3.8) is 0 Å². The standard InChI is InChI=1S/C16H21N5O7/c1-3-26-14(23)13(15(24)27-4-2)9-5-6-21(16(25)18-9)12-7-10(19-20-17)11(8-22)28-12/h5-6,10-12,22H,3-4,7-8H2,1-2H3,(H,18,25)/t10-,11+,12+/m0/s1. The molecule has 0 radical (unpaired) electrons. The average molecular weight is 395 g/mol. The van der Waals surface area contributed by atoms with Gasteiger partial charge in [-0.2, -0.15) is 0 Å². The van der Waals surface area contributed by atoms with Crippen LogP contribution in [0.5, 0.6) is 0 Å². The molecule has 3 atom stereocenters. The molecule has 0 aromatic carbocycles. The third-order valence-corrected chi connectivity index (χ3v) is 4.00. The molecule has 2 rings (SSSR count). The predicted octanol–water partition coefficient (Wildman–Crippen LogP) is 0.692. The number of aliphatic hydroxyl groups excluding tert-OH is 1. The Morgan fingerprint density at radius 2 is 2.04 bits per heavy atom. The third-order valence-electron chi connectivity index (χ3n) is 4.00. The average Bonchev–Trinajstić information content (AvgIpc) is 3.05. The lowest BCUT2D eigenvalue weighted by atomic mass is 10.1. The van der Waals surface area contributed by atoms with Gasteiger partial charge in [0.15, 0.2) is 5.57 Å². The van der Waals surface area contributed by atoms with Crippen molar-refractivity contribution in [2.24, 2.45) is 5.11 Å². The molecule has 1 saturated heterocycles. The summed E-state index contributed by atoms with van der Waals surface area (Å²) in [6.45, 7) is 2.87. The van der Waals surface area contributed by atoms with Gasteiger partial charge in [0, 0.05) is 17.5 Å². The van der Waals surface area contributed by atoms with E-state index in [0.29, 0.717) is 0 Å². The van der Waals surface area contributed by atoms with Crippen LogP contribution in [0, 0.1) is 0 Å². The molecule has 0 aliphatic carbocycles. The van der Waals surface area contributed by atoms with Crippen LogP contribution >= 0.6 is 0 Å². The molecule has 12 heteroatoms. The molecule has 0 aromatic rings. The first-order valence-corrected chi connectivity index (χ1v) is 8.63. The predicted molar refractivity (Wildman–Crippen MR) is 93.1 cm³/mol. The van der Waals surface area contributed by atoms with Gasteiger partial charge in [-0.05, 0) is 25.5 Å². The zero-order valence-corrected chi connectivity index (χ0v) is 15.4. The summed E-state index contributed by atoms with van der Waals surface area (Å²) in [6, 6.07) is -1.31. The number of rotatable bonds is 7. The van der Waals surface area contributed by atoms with E-state index in [1.54, 1.807) is 13.8 Å². The first kappa shape index (κ1) is 21.2. The normalized spacial score (nSPS) is 23.7. The maximum atomic E-state index is 12.5. The highest BCUT2D eigenvalue weighted by Gasteiger charge is 2.40. The van der Waals surface area contributed by atoms with Crippen molar-refractivity contribution in [2.45, 2.75) is 38.6 Å². The second-order valence-corrected chi connectivity index (χ2v) is 5.70. The molecule has 1 fully saturated rings. The van der Waals surface area contributed by atoms with E-state index >= 15 is 0 Å². The molecule has 2 aliphatic rings. The number of hydrogen-bond donors (Lipinski definition) is 2. The molecule has 0 saturated carbocycles. The Morgan fingerprint density at radius 1 is 1.39 bits per heavy atom. The summed E-state index contributed by atoms with van der Waals surface area (Å²) in [6.07, 6.45) is 1.30. The number of carbonyl (C=O) groups excluding carboxylic acids is 3. The molecule has 152 valence electrons. The number of hydrogen-bond acceptors (Lipinski definition) is 8. The summed E-state index contributed by atoms with van der Waals surface area (Å²) in [7, 11) is 0. The lowest BCUT2D eigenvalue weighted by Gasteiger charge is -2.29. The van der Waals surface area contributed by atoms with Crippen molar-refractivity contribution >= 4 is 18.0 Å². The number of aliphatic hydroxyl groups is 1. The minimum atomic E-state index is -0.921. The fourth-order valence-electron chi connectivity index (χ4n) is 2.76. The van der Waals surface area contributed by atoms with Crippen LogP contribution in [0.25, 0.3) is 10.4 Å². The zero-order chi connectivity index (χ0) is 20.7. The highest BCUT2D eigenvalue weighted by Crippen LogP contribution is 2.28. The number of nitrogens with zero attached hydrogens (tertiary/aromatic N) is 4. The SMILES string of the molecule is CCOC(=O)C(C(=O)OCC)=C1C=CN([C@H]2C[C@H](N=[N+]=[N-])[C@@H](CO)O2)C(=O)N1. The number of azide groups is 1. The molecule has 0 spiro atoms. The van der Waals surface area contributed by atoms with E-state index in [9.17, 15) is 19.5 Å². The van der Waals surface area contributed by atoms with E-state index in [0.717, 1.165) is 0 Å². The van der Waals surface area contributed by atoms with E-state index in [4.69, 9.17) is 19.7 Å². The van der Waals surface area contributed by atoms with E-state index in [1.165, 1.54) is 17.2 Å². The van der Waals surface area contributed by atoms with Crippen LogP contribution in [0.2, 0.25) is 0 Å². The van der Waals surface area contributed by atoms with E-state index in [-0.39, 0.29) is 31.9 Å². The second-order valence-electron chi connectivity index (χ2n) is 5.70. The summed E-state index contributed by atoms with van der Waals surface area (Å²) in [5.41, 5.74) is 8.10. The van der Waals surface area contributed by atoms with Crippen LogP contribution in [0.15, 0.2) is 28.7 Å². The highest BCUT2D eigenvalue weighted by atomic mass is 16.6. The van der Waals surface area contributed by atoms with E-state index in [1.807, 2.05) is 0 Å². The van der Waals surface area contributed by atoms with Crippen molar-refractivity contribution in [3.05, 3.63) is 34.0 Å². The van der Waals surface area contributed by atoms with E-state index in [2.05, 4.69) is 15.3 Å². The molecule has 12 nitrogen and oxygen atoms in total. The monoisotopic (exact) mass is 395 g/mol. The fraction of sp³-hybridized carbons (Fsp3) is 0.562. The van der Waals surface area contributed by atoms with Crippen molar-refractivity contribution in [1.29, 1.82) is 0 Å². The van der Waals surface area contributed by atoms with Crippen molar-refractivity contribution in [2.75, 3.05) is 19.8 Å². The summed E-state index contributed by atoms with van der Waals surface area (Å²) in [4.78, 5) is 40.6. The van der Waals surface area contributed by atoms with Crippen molar-refractivity contribution in [3.8, 4) is 0 Å². The molecule has 2 heterocycles. The first-order valence-electron chi connectivity index (χ1n) is 8.63. The Hall–Kier alpha value is -3.08. The van der Waals surface area contributed by atoms with Gasteiger partial charge in [0.1, 0.15) is 6.23 Å². The number of nitrogens with one attached hydrogen (secondary N) is 1. The highest BCUT2D eigenvalue weighted by molar-refractivity contribution is 6.15. The zero-order valence-electron chi connectivity index (χ0n) is 15.4. The number of esters is 2. The molecule has 0 unspecified atom stereocenters. The molecule has 0 aromatic heterocycles. The maximum absolute atomic E-state index is 12.5. The van der Waals surface area contributed by atoms with Gasteiger partial charge in [0.05, 0.1) is 37.7 Å². The Morgan fingerprint density at radius 3 is 2.54 bits per heavy atom. The second kappa shape index (κ2) is 9.74. The molecule has 2 aliphatic heterocycles. The first-order chi connectivity index (χ1) is 13.5. The number of ether oxygens (including phenoxy) is 3. The number of carbonyl (C=O) groups is 3. The summed E-state index contributed by atoms with van der Waals surface area (Å²) in [5.74, 6) is -1.84. The van der Waals surface area contributed by atoms with Crippen LogP contribution in [0.1, 0.15) is 20.3 Å². The van der Waals surface area contributed by atoms with Crippen LogP contribution < -0.4 is 5.32 Å². The lowest BCUT2D eigenvalue weighted by molar-refractivity contribution is -0.146. The van der Waals surface area contributed by atoms with Crippen LogP contribution in [0.4, 0.5) is 4.79 Å². The van der Waals surface area contributed by atoms with Gasteiger partial charge in [-0.1, -0.05) is 5.11 Å². The topological polar surface area (TPSA) is 163 Å². The number of allylic oxidation sites excluding steroid dienone is 1. The Bertz CT molecular complexity index is 724.